The standard InChI is InChI=1S/C16H29NO5.C6H15NO3/c1-2-3-4-5-6-7-8-9-10-11-14(18)17-13(16(21)22)12-15(19)20;8-4-1-7(2-5-9)3-6-10/h13H,2-12H2,1H3,(H,17,18)(H,19,20)(H,21,22);8-10H,1-6H2/t13-;/m0./s1. The summed E-state index contributed by atoms with van der Waals surface area (Å²) in [6.45, 7) is 3.94. The molecule has 0 radical (unpaired) electrons. The van der Waals surface area contributed by atoms with E-state index in [1.807, 2.05) is 0 Å². The van der Waals surface area contributed by atoms with Crippen molar-refractivity contribution in [2.75, 3.05) is 39.5 Å². The molecule has 6 N–H and O–H groups in total. The Bertz CT molecular complexity index is 463. The first-order chi connectivity index (χ1) is 15.3. The van der Waals surface area contributed by atoms with Crippen molar-refractivity contribution in [1.29, 1.82) is 0 Å². The lowest BCUT2D eigenvalue weighted by atomic mass is 10.1. The third-order valence-electron chi connectivity index (χ3n) is 4.77. The summed E-state index contributed by atoms with van der Waals surface area (Å²) in [7, 11) is 0. The van der Waals surface area contributed by atoms with Crippen molar-refractivity contribution < 1.29 is 39.9 Å². The molecule has 32 heavy (non-hydrogen) atoms. The summed E-state index contributed by atoms with van der Waals surface area (Å²) in [6.07, 6.45) is 9.87. The number of carbonyl (C=O) groups is 3. The Morgan fingerprint density at radius 1 is 0.750 bits per heavy atom. The summed E-state index contributed by atoms with van der Waals surface area (Å²) in [4.78, 5) is 34.7. The third kappa shape index (κ3) is 22.9. The average Bonchev–Trinajstić information content (AvgIpc) is 2.73. The van der Waals surface area contributed by atoms with Crippen LogP contribution in [0.3, 0.4) is 0 Å². The van der Waals surface area contributed by atoms with Gasteiger partial charge >= 0.3 is 11.9 Å². The Kier molecular flexibility index (Phi) is 24.2. The predicted octanol–water partition coefficient (Wildman–Crippen LogP) is 1.22. The van der Waals surface area contributed by atoms with Gasteiger partial charge in [0.1, 0.15) is 6.04 Å². The molecule has 1 atom stereocenters. The van der Waals surface area contributed by atoms with Gasteiger partial charge in [0, 0.05) is 26.1 Å². The first kappa shape index (κ1) is 32.4. The van der Waals surface area contributed by atoms with Crippen LogP contribution in [0.4, 0.5) is 0 Å². The van der Waals surface area contributed by atoms with E-state index in [4.69, 9.17) is 25.5 Å². The maximum absolute atomic E-state index is 11.6. The minimum Gasteiger partial charge on any atom is -0.481 e. The lowest BCUT2D eigenvalue weighted by Gasteiger charge is -2.17. The quantitative estimate of drug-likeness (QED) is 0.145. The van der Waals surface area contributed by atoms with Crippen molar-refractivity contribution in [3.05, 3.63) is 0 Å². The van der Waals surface area contributed by atoms with Crippen molar-refractivity contribution in [1.82, 2.24) is 10.2 Å². The summed E-state index contributed by atoms with van der Waals surface area (Å²) in [5.41, 5.74) is 0. The van der Waals surface area contributed by atoms with Crippen LogP contribution in [-0.4, -0.2) is 93.8 Å². The molecule has 0 aromatic rings. The third-order valence-corrected chi connectivity index (χ3v) is 4.77. The van der Waals surface area contributed by atoms with Crippen LogP contribution in [-0.2, 0) is 14.4 Å². The number of nitrogens with zero attached hydrogens (tertiary/aromatic N) is 1. The number of unbranched alkanes of at least 4 members (excludes halogenated alkanes) is 8. The number of carboxylic acid groups (broad SMARTS) is 2. The van der Waals surface area contributed by atoms with E-state index < -0.39 is 30.3 Å². The van der Waals surface area contributed by atoms with Crippen molar-refractivity contribution in [3.8, 4) is 0 Å². The number of aliphatic hydroxyl groups is 3. The molecule has 0 aromatic heterocycles. The van der Waals surface area contributed by atoms with Gasteiger partial charge in [0.25, 0.3) is 0 Å². The first-order valence-corrected chi connectivity index (χ1v) is 11.6. The maximum atomic E-state index is 11.6. The molecule has 0 aliphatic heterocycles. The second-order valence-electron chi connectivity index (χ2n) is 7.65. The van der Waals surface area contributed by atoms with E-state index in [9.17, 15) is 14.4 Å². The monoisotopic (exact) mass is 464 g/mol. The number of rotatable bonds is 20. The molecule has 0 saturated carbocycles. The van der Waals surface area contributed by atoms with Gasteiger partial charge in [-0.2, -0.15) is 0 Å². The highest BCUT2D eigenvalue weighted by molar-refractivity contribution is 5.86. The second-order valence-corrected chi connectivity index (χ2v) is 7.65. The fourth-order valence-electron chi connectivity index (χ4n) is 3.00. The Hall–Kier alpha value is -1.75. The molecular formula is C22H44N2O8. The SMILES string of the molecule is CCCCCCCCCCCC(=O)N[C@@H](CC(=O)O)C(=O)O.OCCN(CCO)CCO. The van der Waals surface area contributed by atoms with Crippen molar-refractivity contribution >= 4 is 17.8 Å². The fraction of sp³-hybridized carbons (Fsp3) is 0.864. The summed E-state index contributed by atoms with van der Waals surface area (Å²) >= 11 is 0. The fourth-order valence-corrected chi connectivity index (χ4v) is 3.00. The van der Waals surface area contributed by atoms with Crippen LogP contribution in [0.1, 0.15) is 77.6 Å². The molecule has 1 amide bonds. The van der Waals surface area contributed by atoms with E-state index in [-0.39, 0.29) is 26.2 Å². The Morgan fingerprint density at radius 2 is 1.19 bits per heavy atom. The first-order valence-electron chi connectivity index (χ1n) is 11.6. The zero-order valence-electron chi connectivity index (χ0n) is 19.5. The highest BCUT2D eigenvalue weighted by atomic mass is 16.4. The predicted molar refractivity (Wildman–Crippen MR) is 121 cm³/mol. The summed E-state index contributed by atoms with van der Waals surface area (Å²) in [5, 5.41) is 45.1. The molecule has 0 aromatic carbocycles. The number of hydrogen-bond acceptors (Lipinski definition) is 7. The van der Waals surface area contributed by atoms with Gasteiger partial charge in [-0.25, -0.2) is 4.79 Å². The van der Waals surface area contributed by atoms with Gasteiger partial charge in [-0.05, 0) is 6.42 Å². The molecule has 0 saturated heterocycles. The molecular weight excluding hydrogens is 420 g/mol. The Labute approximate surface area is 191 Å². The van der Waals surface area contributed by atoms with Crippen LogP contribution in [0.25, 0.3) is 0 Å². The summed E-state index contributed by atoms with van der Waals surface area (Å²) < 4.78 is 0. The largest absolute Gasteiger partial charge is 0.481 e. The minimum absolute atomic E-state index is 0.0694. The normalized spacial score (nSPS) is 11.5. The smallest absolute Gasteiger partial charge is 0.326 e. The topological polar surface area (TPSA) is 168 Å². The van der Waals surface area contributed by atoms with Crippen molar-refractivity contribution in [2.45, 2.75) is 83.6 Å². The molecule has 0 fully saturated rings. The molecule has 0 aliphatic carbocycles. The van der Waals surface area contributed by atoms with E-state index in [2.05, 4.69) is 12.2 Å². The van der Waals surface area contributed by atoms with Gasteiger partial charge in [-0.3, -0.25) is 14.5 Å². The van der Waals surface area contributed by atoms with Crippen LogP contribution in [0, 0.1) is 0 Å². The van der Waals surface area contributed by atoms with Crippen LogP contribution in [0.2, 0.25) is 0 Å². The minimum atomic E-state index is -1.34. The van der Waals surface area contributed by atoms with Gasteiger partial charge in [0.15, 0.2) is 0 Å². The van der Waals surface area contributed by atoms with Gasteiger partial charge in [-0.15, -0.1) is 0 Å². The number of nitrogens with one attached hydrogen (secondary N) is 1. The molecule has 0 unspecified atom stereocenters. The highest BCUT2D eigenvalue weighted by Gasteiger charge is 2.22. The van der Waals surface area contributed by atoms with Crippen LogP contribution >= 0.6 is 0 Å². The zero-order chi connectivity index (χ0) is 24.6. The molecule has 10 heteroatoms. The van der Waals surface area contributed by atoms with E-state index >= 15 is 0 Å². The lowest BCUT2D eigenvalue weighted by molar-refractivity contribution is -0.147. The van der Waals surface area contributed by atoms with Crippen LogP contribution < -0.4 is 5.32 Å². The van der Waals surface area contributed by atoms with E-state index in [0.29, 0.717) is 26.1 Å². The average molecular weight is 465 g/mol. The van der Waals surface area contributed by atoms with Gasteiger partial charge in [0.2, 0.25) is 5.91 Å². The Balaban J connectivity index is 0. The summed E-state index contributed by atoms with van der Waals surface area (Å²) in [5.74, 6) is -2.95. The van der Waals surface area contributed by atoms with Crippen molar-refractivity contribution in [3.63, 3.8) is 0 Å². The highest BCUT2D eigenvalue weighted by Crippen LogP contribution is 2.10. The number of carbonyl (C=O) groups excluding carboxylic acids is 1. The molecule has 0 bridgehead atoms. The number of aliphatic hydroxyl groups excluding tert-OH is 3. The lowest BCUT2D eigenvalue weighted by Crippen LogP contribution is -2.42. The Morgan fingerprint density at radius 3 is 1.56 bits per heavy atom. The van der Waals surface area contributed by atoms with Gasteiger partial charge in [0.05, 0.1) is 26.2 Å². The van der Waals surface area contributed by atoms with Gasteiger partial charge in [-0.1, -0.05) is 58.3 Å². The molecule has 0 aliphatic rings. The van der Waals surface area contributed by atoms with Crippen LogP contribution in [0.5, 0.6) is 0 Å². The second kappa shape index (κ2) is 23.9. The zero-order valence-corrected chi connectivity index (χ0v) is 19.5. The van der Waals surface area contributed by atoms with Crippen LogP contribution in [0.15, 0.2) is 0 Å². The van der Waals surface area contributed by atoms with Gasteiger partial charge < -0.3 is 30.8 Å². The summed E-state index contributed by atoms with van der Waals surface area (Å²) in [6, 6.07) is -1.34. The van der Waals surface area contributed by atoms with E-state index in [1.54, 1.807) is 4.90 Å². The van der Waals surface area contributed by atoms with E-state index in [1.165, 1.54) is 38.5 Å². The number of hydrogen-bond donors (Lipinski definition) is 6. The molecule has 0 rings (SSSR count). The molecule has 0 spiro atoms. The van der Waals surface area contributed by atoms with E-state index in [0.717, 1.165) is 12.8 Å². The number of carboxylic acids is 2. The van der Waals surface area contributed by atoms with Crippen molar-refractivity contribution in [2.24, 2.45) is 0 Å². The molecule has 10 nitrogen and oxygen atoms in total. The molecule has 190 valence electrons. The number of aliphatic carboxylic acids is 2. The number of amides is 1. The molecule has 0 heterocycles. The maximum Gasteiger partial charge on any atom is 0.326 e.